The standard InChI is InChI=1S/C8H14N4O/c1-5(2)4-9-8(13)7-6(3)10-12-11-7/h5H,4H2,1-3H3,(H,9,13)(H,10,11,12). The number of nitrogens with one attached hydrogen (secondary N) is 2. The first-order valence-corrected chi connectivity index (χ1v) is 4.27. The fourth-order valence-electron chi connectivity index (χ4n) is 0.879. The smallest absolute Gasteiger partial charge is 0.273 e. The maximum absolute atomic E-state index is 11.4. The highest BCUT2D eigenvalue weighted by Gasteiger charge is 2.12. The molecule has 0 saturated heterocycles. The lowest BCUT2D eigenvalue weighted by molar-refractivity contribution is 0.0943. The molecular weight excluding hydrogens is 168 g/mol. The predicted molar refractivity (Wildman–Crippen MR) is 48.3 cm³/mol. The number of amides is 1. The molecule has 2 N–H and O–H groups in total. The van der Waals surface area contributed by atoms with E-state index in [4.69, 9.17) is 0 Å². The van der Waals surface area contributed by atoms with Gasteiger partial charge >= 0.3 is 0 Å². The van der Waals surface area contributed by atoms with E-state index in [1.165, 1.54) is 0 Å². The molecule has 1 aromatic heterocycles. The number of carbonyl (C=O) groups excluding carboxylic acids is 1. The quantitative estimate of drug-likeness (QED) is 0.715. The minimum absolute atomic E-state index is 0.167. The second kappa shape index (κ2) is 4.02. The van der Waals surface area contributed by atoms with Crippen molar-refractivity contribution in [3.8, 4) is 0 Å². The molecule has 0 atom stereocenters. The third kappa shape index (κ3) is 2.54. The fraction of sp³-hybridized carbons (Fsp3) is 0.625. The molecular formula is C8H14N4O. The van der Waals surface area contributed by atoms with E-state index < -0.39 is 0 Å². The number of rotatable bonds is 3. The van der Waals surface area contributed by atoms with Crippen LogP contribution in [0.5, 0.6) is 0 Å². The molecule has 0 saturated carbocycles. The van der Waals surface area contributed by atoms with E-state index in [-0.39, 0.29) is 5.91 Å². The first kappa shape index (κ1) is 9.70. The van der Waals surface area contributed by atoms with Gasteiger partial charge in [0.15, 0.2) is 5.69 Å². The Hall–Kier alpha value is -1.39. The molecule has 0 fully saturated rings. The summed E-state index contributed by atoms with van der Waals surface area (Å²) in [7, 11) is 0. The van der Waals surface area contributed by atoms with Crippen molar-refractivity contribution >= 4 is 5.91 Å². The highest BCUT2D eigenvalue weighted by atomic mass is 16.2. The zero-order chi connectivity index (χ0) is 9.84. The third-order valence-corrected chi connectivity index (χ3v) is 1.61. The number of aromatic amines is 1. The van der Waals surface area contributed by atoms with Crippen molar-refractivity contribution in [3.63, 3.8) is 0 Å². The molecule has 0 bridgehead atoms. The predicted octanol–water partition coefficient (Wildman–Crippen LogP) is 0.499. The molecule has 5 heteroatoms. The molecule has 0 aliphatic heterocycles. The average Bonchev–Trinajstić information content (AvgIpc) is 2.47. The van der Waals surface area contributed by atoms with Gasteiger partial charge in [0.25, 0.3) is 5.91 Å². The first-order chi connectivity index (χ1) is 6.11. The van der Waals surface area contributed by atoms with Gasteiger partial charge in [0.2, 0.25) is 0 Å². The number of nitrogens with zero attached hydrogens (tertiary/aromatic N) is 2. The van der Waals surface area contributed by atoms with E-state index in [1.807, 2.05) is 13.8 Å². The highest BCUT2D eigenvalue weighted by Crippen LogP contribution is 1.98. The van der Waals surface area contributed by atoms with Crippen molar-refractivity contribution in [1.82, 2.24) is 20.7 Å². The summed E-state index contributed by atoms with van der Waals surface area (Å²) in [6.07, 6.45) is 0. The van der Waals surface area contributed by atoms with Crippen LogP contribution in [-0.4, -0.2) is 27.9 Å². The molecule has 5 nitrogen and oxygen atoms in total. The summed E-state index contributed by atoms with van der Waals surface area (Å²) in [5.74, 6) is 0.274. The van der Waals surface area contributed by atoms with Crippen LogP contribution in [0.1, 0.15) is 30.0 Å². The number of H-pyrrole nitrogens is 1. The lowest BCUT2D eigenvalue weighted by Crippen LogP contribution is -2.28. The topological polar surface area (TPSA) is 70.7 Å². The van der Waals surface area contributed by atoms with E-state index in [0.717, 1.165) is 0 Å². The van der Waals surface area contributed by atoms with Crippen LogP contribution in [0.3, 0.4) is 0 Å². The van der Waals surface area contributed by atoms with Gasteiger partial charge in [-0.05, 0) is 12.8 Å². The molecule has 1 rings (SSSR count). The second-order valence-corrected chi connectivity index (χ2v) is 3.36. The SMILES string of the molecule is Cc1n[nH]nc1C(=O)NCC(C)C. The number of hydrogen-bond donors (Lipinski definition) is 2. The van der Waals surface area contributed by atoms with Gasteiger partial charge in [-0.1, -0.05) is 13.8 Å². The maximum Gasteiger partial charge on any atom is 0.273 e. The summed E-state index contributed by atoms with van der Waals surface area (Å²) in [5.41, 5.74) is 1.00. The number of aromatic nitrogens is 3. The van der Waals surface area contributed by atoms with Crippen LogP contribution >= 0.6 is 0 Å². The lowest BCUT2D eigenvalue weighted by atomic mass is 10.2. The van der Waals surface area contributed by atoms with Crippen LogP contribution in [0.25, 0.3) is 0 Å². The normalized spacial score (nSPS) is 10.5. The monoisotopic (exact) mass is 182 g/mol. The van der Waals surface area contributed by atoms with Crippen molar-refractivity contribution in [2.24, 2.45) is 5.92 Å². The van der Waals surface area contributed by atoms with E-state index in [2.05, 4.69) is 20.7 Å². The molecule has 1 heterocycles. The minimum atomic E-state index is -0.167. The summed E-state index contributed by atoms with van der Waals surface area (Å²) >= 11 is 0. The Kier molecular flexibility index (Phi) is 3.00. The Bertz CT molecular complexity index is 292. The van der Waals surface area contributed by atoms with E-state index in [0.29, 0.717) is 23.9 Å². The highest BCUT2D eigenvalue weighted by molar-refractivity contribution is 5.93. The molecule has 13 heavy (non-hydrogen) atoms. The summed E-state index contributed by atoms with van der Waals surface area (Å²) in [4.78, 5) is 11.4. The number of hydrogen-bond acceptors (Lipinski definition) is 3. The van der Waals surface area contributed by atoms with Gasteiger partial charge in [0, 0.05) is 6.54 Å². The van der Waals surface area contributed by atoms with Gasteiger partial charge in [0.1, 0.15) is 0 Å². The minimum Gasteiger partial charge on any atom is -0.350 e. The molecule has 0 radical (unpaired) electrons. The zero-order valence-corrected chi connectivity index (χ0v) is 8.09. The Morgan fingerprint density at radius 1 is 1.54 bits per heavy atom. The molecule has 0 aliphatic rings. The fourth-order valence-corrected chi connectivity index (χ4v) is 0.879. The van der Waals surface area contributed by atoms with E-state index >= 15 is 0 Å². The van der Waals surface area contributed by atoms with Gasteiger partial charge in [-0.3, -0.25) is 4.79 Å². The summed E-state index contributed by atoms with van der Waals surface area (Å²) in [6.45, 7) is 6.48. The molecule has 0 unspecified atom stereocenters. The molecule has 0 spiro atoms. The average molecular weight is 182 g/mol. The van der Waals surface area contributed by atoms with Crippen LogP contribution in [0, 0.1) is 12.8 Å². The summed E-state index contributed by atoms with van der Waals surface area (Å²) in [5, 5.41) is 12.7. The van der Waals surface area contributed by atoms with Crippen molar-refractivity contribution in [3.05, 3.63) is 11.4 Å². The molecule has 0 aromatic carbocycles. The number of carbonyl (C=O) groups is 1. The Morgan fingerprint density at radius 2 is 2.23 bits per heavy atom. The van der Waals surface area contributed by atoms with Crippen LogP contribution in [-0.2, 0) is 0 Å². The Balaban J connectivity index is 2.54. The van der Waals surface area contributed by atoms with E-state index in [1.54, 1.807) is 6.92 Å². The van der Waals surface area contributed by atoms with Crippen LogP contribution in [0.2, 0.25) is 0 Å². The second-order valence-electron chi connectivity index (χ2n) is 3.36. The van der Waals surface area contributed by atoms with Crippen molar-refractivity contribution in [2.45, 2.75) is 20.8 Å². The van der Waals surface area contributed by atoms with E-state index in [9.17, 15) is 4.79 Å². The summed E-state index contributed by atoms with van der Waals surface area (Å²) < 4.78 is 0. The Morgan fingerprint density at radius 3 is 2.69 bits per heavy atom. The van der Waals surface area contributed by atoms with Gasteiger partial charge in [0.05, 0.1) is 5.69 Å². The Labute approximate surface area is 76.9 Å². The van der Waals surface area contributed by atoms with Gasteiger partial charge in [-0.25, -0.2) is 0 Å². The zero-order valence-electron chi connectivity index (χ0n) is 8.09. The van der Waals surface area contributed by atoms with Crippen molar-refractivity contribution < 1.29 is 4.79 Å². The molecule has 72 valence electrons. The van der Waals surface area contributed by atoms with Gasteiger partial charge < -0.3 is 5.32 Å². The molecule has 1 aromatic rings. The van der Waals surface area contributed by atoms with Gasteiger partial charge in [-0.2, -0.15) is 15.4 Å². The molecule has 0 aliphatic carbocycles. The number of aryl methyl sites for hydroxylation is 1. The summed E-state index contributed by atoms with van der Waals surface area (Å²) in [6, 6.07) is 0. The van der Waals surface area contributed by atoms with Crippen LogP contribution in [0.15, 0.2) is 0 Å². The lowest BCUT2D eigenvalue weighted by Gasteiger charge is -2.05. The van der Waals surface area contributed by atoms with Crippen molar-refractivity contribution in [1.29, 1.82) is 0 Å². The van der Waals surface area contributed by atoms with Crippen LogP contribution in [0.4, 0.5) is 0 Å². The van der Waals surface area contributed by atoms with Crippen LogP contribution < -0.4 is 5.32 Å². The third-order valence-electron chi connectivity index (χ3n) is 1.61. The maximum atomic E-state index is 11.4. The van der Waals surface area contributed by atoms with Gasteiger partial charge in [-0.15, -0.1) is 0 Å². The first-order valence-electron chi connectivity index (χ1n) is 4.27. The van der Waals surface area contributed by atoms with Crippen molar-refractivity contribution in [2.75, 3.05) is 6.54 Å². The largest absolute Gasteiger partial charge is 0.350 e. The molecule has 1 amide bonds.